The summed E-state index contributed by atoms with van der Waals surface area (Å²) in [6, 6.07) is 0. The Hall–Kier alpha value is -4.97. The molecule has 0 saturated heterocycles. The molecule has 0 bridgehead atoms. The van der Waals surface area contributed by atoms with Crippen LogP contribution in [0.4, 0.5) is 0 Å². The van der Waals surface area contributed by atoms with Crippen molar-refractivity contribution < 1.29 is 28.6 Å². The van der Waals surface area contributed by atoms with Crippen LogP contribution in [0.25, 0.3) is 0 Å². The van der Waals surface area contributed by atoms with Gasteiger partial charge in [0.1, 0.15) is 13.2 Å². The highest BCUT2D eigenvalue weighted by Crippen LogP contribution is 2.12. The molecule has 0 aliphatic carbocycles. The molecule has 0 radical (unpaired) electrons. The summed E-state index contributed by atoms with van der Waals surface area (Å²) in [7, 11) is 0. The lowest BCUT2D eigenvalue weighted by molar-refractivity contribution is -0.167. The summed E-state index contributed by atoms with van der Waals surface area (Å²) < 4.78 is 16.7. The number of allylic oxidation sites excluding steroid dienone is 26. The Labute approximate surface area is 416 Å². The van der Waals surface area contributed by atoms with E-state index in [1.54, 1.807) is 0 Å². The molecule has 0 N–H and O–H groups in total. The van der Waals surface area contributed by atoms with Gasteiger partial charge >= 0.3 is 17.9 Å². The zero-order chi connectivity index (χ0) is 49.3. The molecule has 0 saturated carbocycles. The predicted octanol–water partition coefficient (Wildman–Crippen LogP) is 17.8. The lowest BCUT2D eigenvalue weighted by atomic mass is 10.1. The summed E-state index contributed by atoms with van der Waals surface area (Å²) in [4.78, 5) is 38.1. The second-order valence-electron chi connectivity index (χ2n) is 16.9. The van der Waals surface area contributed by atoms with Gasteiger partial charge in [-0.2, -0.15) is 0 Å². The van der Waals surface area contributed by atoms with Crippen LogP contribution < -0.4 is 0 Å². The maximum atomic E-state index is 12.8. The number of ether oxygens (including phenoxy) is 3. The Balaban J connectivity index is 4.61. The molecular weight excluding hydrogens is 841 g/mol. The average molecular weight is 935 g/mol. The van der Waals surface area contributed by atoms with E-state index in [0.717, 1.165) is 109 Å². The largest absolute Gasteiger partial charge is 0.462 e. The SMILES string of the molecule is CC\C=C/C=C\C=C/C=C\C=C\C=C/C=C\CCCCCC(=O)OCC(COC(=O)CCCCCCCC/C=C\C=C/CCCCC)OC(=O)CCCCC/C=C\C/C=C\C/C=C\C/C=C\CC. The van der Waals surface area contributed by atoms with Crippen molar-refractivity contribution in [2.45, 2.75) is 200 Å². The fourth-order valence-corrected chi connectivity index (χ4v) is 6.52. The fourth-order valence-electron chi connectivity index (χ4n) is 6.52. The van der Waals surface area contributed by atoms with Crippen LogP contribution in [0.2, 0.25) is 0 Å². The lowest BCUT2D eigenvalue weighted by Crippen LogP contribution is -2.30. The Morgan fingerprint density at radius 3 is 1.10 bits per heavy atom. The second-order valence-corrected chi connectivity index (χ2v) is 16.9. The summed E-state index contributed by atoms with van der Waals surface area (Å²) in [5.74, 6) is -1.02. The van der Waals surface area contributed by atoms with Gasteiger partial charge in [0, 0.05) is 19.3 Å². The zero-order valence-electron chi connectivity index (χ0n) is 43.0. The fraction of sp³-hybridized carbons (Fsp3) is 0.532. The highest BCUT2D eigenvalue weighted by molar-refractivity contribution is 5.71. The summed E-state index contributed by atoms with van der Waals surface area (Å²) in [5.41, 5.74) is 0. The van der Waals surface area contributed by atoms with E-state index < -0.39 is 6.10 Å². The molecule has 0 aromatic carbocycles. The van der Waals surface area contributed by atoms with Crippen LogP contribution in [-0.2, 0) is 28.6 Å². The van der Waals surface area contributed by atoms with Gasteiger partial charge in [-0.1, -0.05) is 230 Å². The van der Waals surface area contributed by atoms with Crippen LogP contribution in [0.15, 0.2) is 158 Å². The molecule has 0 aromatic heterocycles. The monoisotopic (exact) mass is 935 g/mol. The average Bonchev–Trinajstić information content (AvgIpc) is 3.34. The van der Waals surface area contributed by atoms with Gasteiger partial charge in [-0.3, -0.25) is 14.4 Å². The first-order valence-electron chi connectivity index (χ1n) is 26.6. The smallest absolute Gasteiger partial charge is 0.306 e. The number of esters is 3. The molecule has 378 valence electrons. The molecular formula is C62H94O6. The molecule has 0 aliphatic rings. The van der Waals surface area contributed by atoms with Crippen molar-refractivity contribution in [3.63, 3.8) is 0 Å². The van der Waals surface area contributed by atoms with Crippen LogP contribution in [0, 0.1) is 0 Å². The highest BCUT2D eigenvalue weighted by Gasteiger charge is 2.19. The third-order valence-electron chi connectivity index (χ3n) is 10.5. The quantitative estimate of drug-likeness (QED) is 0.0199. The molecule has 0 aliphatic heterocycles. The first kappa shape index (κ1) is 63.0. The first-order chi connectivity index (χ1) is 33.5. The first-order valence-corrected chi connectivity index (χ1v) is 26.6. The lowest BCUT2D eigenvalue weighted by Gasteiger charge is -2.18. The summed E-state index contributed by atoms with van der Waals surface area (Å²) in [5, 5.41) is 0. The van der Waals surface area contributed by atoms with Crippen LogP contribution >= 0.6 is 0 Å². The maximum absolute atomic E-state index is 12.8. The van der Waals surface area contributed by atoms with Gasteiger partial charge in [-0.15, -0.1) is 0 Å². The van der Waals surface area contributed by atoms with Gasteiger partial charge in [0.15, 0.2) is 6.10 Å². The number of rotatable bonds is 45. The van der Waals surface area contributed by atoms with Crippen LogP contribution in [-0.4, -0.2) is 37.2 Å². The van der Waals surface area contributed by atoms with Crippen molar-refractivity contribution in [2.75, 3.05) is 13.2 Å². The number of carbonyl (C=O) groups is 3. The van der Waals surface area contributed by atoms with Gasteiger partial charge < -0.3 is 14.2 Å². The van der Waals surface area contributed by atoms with E-state index in [1.165, 1.54) is 32.1 Å². The molecule has 0 rings (SSSR count). The molecule has 0 spiro atoms. The molecule has 6 nitrogen and oxygen atoms in total. The normalized spacial score (nSPS) is 13.4. The van der Waals surface area contributed by atoms with Crippen molar-refractivity contribution in [1.82, 2.24) is 0 Å². The summed E-state index contributed by atoms with van der Waals surface area (Å²) >= 11 is 0. The summed E-state index contributed by atoms with van der Waals surface area (Å²) in [6.45, 7) is 6.24. The highest BCUT2D eigenvalue weighted by atomic mass is 16.6. The molecule has 0 amide bonds. The Morgan fingerprint density at radius 2 is 0.647 bits per heavy atom. The van der Waals surface area contributed by atoms with Crippen molar-refractivity contribution in [3.05, 3.63) is 158 Å². The third kappa shape index (κ3) is 52.0. The van der Waals surface area contributed by atoms with Crippen molar-refractivity contribution in [3.8, 4) is 0 Å². The topological polar surface area (TPSA) is 78.9 Å². The minimum absolute atomic E-state index is 0.120. The molecule has 0 fully saturated rings. The molecule has 0 aromatic rings. The molecule has 0 heterocycles. The van der Waals surface area contributed by atoms with Gasteiger partial charge in [-0.25, -0.2) is 0 Å². The van der Waals surface area contributed by atoms with Gasteiger partial charge in [0.25, 0.3) is 0 Å². The molecule has 6 heteroatoms. The van der Waals surface area contributed by atoms with E-state index in [2.05, 4.69) is 106 Å². The zero-order valence-corrected chi connectivity index (χ0v) is 43.0. The van der Waals surface area contributed by atoms with Crippen molar-refractivity contribution in [1.29, 1.82) is 0 Å². The van der Waals surface area contributed by atoms with Gasteiger partial charge in [0.05, 0.1) is 0 Å². The number of unbranched alkanes of at least 4 members (excludes halogenated alkanes) is 15. The second kappa shape index (κ2) is 54.6. The van der Waals surface area contributed by atoms with E-state index >= 15 is 0 Å². The van der Waals surface area contributed by atoms with Gasteiger partial charge in [-0.05, 0) is 103 Å². The minimum atomic E-state index is -0.827. The summed E-state index contributed by atoms with van der Waals surface area (Å²) in [6.07, 6.45) is 79.3. The Kier molecular flexibility index (Phi) is 50.6. The Morgan fingerprint density at radius 1 is 0.324 bits per heavy atom. The molecule has 1 unspecified atom stereocenters. The number of hydrogen-bond acceptors (Lipinski definition) is 6. The van der Waals surface area contributed by atoms with E-state index in [9.17, 15) is 14.4 Å². The van der Waals surface area contributed by atoms with Crippen LogP contribution in [0.5, 0.6) is 0 Å². The minimum Gasteiger partial charge on any atom is -0.462 e. The number of carbonyl (C=O) groups excluding carboxylic acids is 3. The van der Waals surface area contributed by atoms with Crippen LogP contribution in [0.1, 0.15) is 194 Å². The van der Waals surface area contributed by atoms with Crippen LogP contribution in [0.3, 0.4) is 0 Å². The van der Waals surface area contributed by atoms with E-state index in [4.69, 9.17) is 14.2 Å². The van der Waals surface area contributed by atoms with E-state index in [0.29, 0.717) is 19.3 Å². The third-order valence-corrected chi connectivity index (χ3v) is 10.5. The van der Waals surface area contributed by atoms with Gasteiger partial charge in [0.2, 0.25) is 0 Å². The standard InChI is InChI=1S/C62H94O6/c1-4-7-10-13-16-19-22-25-28-30-31-32-35-37-40-43-46-49-52-55-61(64)67-58-59(57-66-60(63)54-51-48-45-42-39-36-33-27-24-21-18-15-12-9-6-3)68-62(65)56-53-50-47-44-41-38-34-29-26-23-20-17-14-11-8-5-2/h7-8,10-11,13,16-22,24-32,35,37-38,40-41,59H,4-6,9,12,14-15,23,33-34,36,39,42-58H2,1-3H3/b10-7-,11-8-,16-13-,20-17-,21-18-,22-19-,27-24-,28-25-,29-26-,31-30+,35-32-,40-37-,41-38-. The van der Waals surface area contributed by atoms with Crippen molar-refractivity contribution in [2.24, 2.45) is 0 Å². The van der Waals surface area contributed by atoms with Crippen molar-refractivity contribution >= 4 is 17.9 Å². The maximum Gasteiger partial charge on any atom is 0.306 e. The predicted molar refractivity (Wildman–Crippen MR) is 292 cm³/mol. The molecule has 1 atom stereocenters. The number of hydrogen-bond donors (Lipinski definition) is 0. The molecule has 68 heavy (non-hydrogen) atoms. The van der Waals surface area contributed by atoms with E-state index in [-0.39, 0.29) is 44.0 Å². The van der Waals surface area contributed by atoms with E-state index in [1.807, 2.05) is 72.9 Å². The Bertz CT molecular complexity index is 1590.